The third-order valence-corrected chi connectivity index (χ3v) is 6.22. The normalized spacial score (nSPS) is 22.1. The van der Waals surface area contributed by atoms with Crippen LogP contribution in [0.3, 0.4) is 0 Å². The first-order valence-electron chi connectivity index (χ1n) is 9.57. The molecule has 150 valence electrons. The van der Waals surface area contributed by atoms with Crippen LogP contribution >= 0.6 is 11.6 Å². The molecule has 1 aromatic carbocycles. The Balaban J connectivity index is 1.55. The lowest BCUT2D eigenvalue weighted by Gasteiger charge is -2.33. The summed E-state index contributed by atoms with van der Waals surface area (Å²) in [7, 11) is 1.73. The number of carbonyl (C=O) groups excluding carboxylic acids is 1. The SMILES string of the molecule is CO[C@H]1CC[C@@H](C(=O)N2CCc3[nH]nc(-c4cc(Cl)c(O)cc4O)c3C2)CC1. The number of methoxy groups -OCH3 is 1. The van der Waals surface area contributed by atoms with Crippen LogP contribution < -0.4 is 0 Å². The maximum atomic E-state index is 13.0. The van der Waals surface area contributed by atoms with Gasteiger partial charge >= 0.3 is 0 Å². The van der Waals surface area contributed by atoms with Gasteiger partial charge in [0.25, 0.3) is 0 Å². The molecule has 1 amide bonds. The fraction of sp³-hybridized carbons (Fsp3) is 0.500. The standard InChI is InChI=1S/C20H24ClN3O4/c1-28-12-4-2-11(3-5-12)20(27)24-7-6-16-14(10-24)19(23-22-16)13-8-15(21)18(26)9-17(13)25/h8-9,11-12,25-26H,2-7,10H2,1H3,(H,22,23)/t11-,12+. The predicted molar refractivity (Wildman–Crippen MR) is 104 cm³/mol. The number of nitrogens with one attached hydrogen (secondary N) is 1. The zero-order chi connectivity index (χ0) is 19.8. The van der Waals surface area contributed by atoms with E-state index >= 15 is 0 Å². The molecule has 3 N–H and O–H groups in total. The minimum absolute atomic E-state index is 0.0415. The highest BCUT2D eigenvalue weighted by Crippen LogP contribution is 2.39. The number of H-pyrrole nitrogens is 1. The van der Waals surface area contributed by atoms with Crippen molar-refractivity contribution in [2.24, 2.45) is 5.92 Å². The van der Waals surface area contributed by atoms with E-state index in [1.807, 2.05) is 4.90 Å². The Labute approximate surface area is 168 Å². The molecule has 8 heteroatoms. The van der Waals surface area contributed by atoms with Gasteiger partial charge < -0.3 is 19.8 Å². The monoisotopic (exact) mass is 405 g/mol. The molecule has 0 bridgehead atoms. The molecule has 2 heterocycles. The highest BCUT2D eigenvalue weighted by molar-refractivity contribution is 6.32. The van der Waals surface area contributed by atoms with Crippen molar-refractivity contribution in [2.45, 2.75) is 44.8 Å². The van der Waals surface area contributed by atoms with Crippen molar-refractivity contribution < 1.29 is 19.7 Å². The fourth-order valence-electron chi connectivity index (χ4n) is 4.25. The number of hydrogen-bond donors (Lipinski definition) is 3. The molecule has 2 aromatic rings. The van der Waals surface area contributed by atoms with Gasteiger partial charge in [0.05, 0.1) is 11.1 Å². The van der Waals surface area contributed by atoms with Gasteiger partial charge in [-0.05, 0) is 31.7 Å². The summed E-state index contributed by atoms with van der Waals surface area (Å²) in [6, 6.07) is 2.70. The number of aromatic hydroxyl groups is 2. The van der Waals surface area contributed by atoms with Gasteiger partial charge in [0.2, 0.25) is 5.91 Å². The van der Waals surface area contributed by atoms with E-state index in [0.29, 0.717) is 30.8 Å². The van der Waals surface area contributed by atoms with Gasteiger partial charge in [-0.1, -0.05) is 11.6 Å². The second-order valence-electron chi connectivity index (χ2n) is 7.57. The Morgan fingerprint density at radius 3 is 2.71 bits per heavy atom. The van der Waals surface area contributed by atoms with Crippen molar-refractivity contribution in [2.75, 3.05) is 13.7 Å². The number of ether oxygens (including phenoxy) is 1. The topological polar surface area (TPSA) is 98.7 Å². The summed E-state index contributed by atoms with van der Waals surface area (Å²) in [5, 5.41) is 27.4. The van der Waals surface area contributed by atoms with Crippen LogP contribution in [0.4, 0.5) is 0 Å². The zero-order valence-corrected chi connectivity index (χ0v) is 16.5. The predicted octanol–water partition coefficient (Wildman–Crippen LogP) is 3.23. The van der Waals surface area contributed by atoms with Crippen LogP contribution in [0.5, 0.6) is 11.5 Å². The van der Waals surface area contributed by atoms with E-state index in [-0.39, 0.29) is 34.5 Å². The summed E-state index contributed by atoms with van der Waals surface area (Å²) in [6.45, 7) is 1.10. The first kappa shape index (κ1) is 19.1. The van der Waals surface area contributed by atoms with E-state index in [4.69, 9.17) is 16.3 Å². The molecule has 2 aliphatic rings. The summed E-state index contributed by atoms with van der Waals surface area (Å²) in [5.41, 5.74) is 2.86. The van der Waals surface area contributed by atoms with E-state index in [0.717, 1.165) is 36.9 Å². The van der Waals surface area contributed by atoms with Gasteiger partial charge in [-0.2, -0.15) is 5.10 Å². The maximum absolute atomic E-state index is 13.0. The number of aromatic nitrogens is 2. The van der Waals surface area contributed by atoms with Crippen LogP contribution in [0.1, 0.15) is 36.9 Å². The molecule has 0 unspecified atom stereocenters. The quantitative estimate of drug-likeness (QED) is 0.728. The number of amides is 1. The number of benzene rings is 1. The number of carbonyl (C=O) groups is 1. The average Bonchev–Trinajstić information content (AvgIpc) is 3.13. The molecule has 0 spiro atoms. The highest BCUT2D eigenvalue weighted by Gasteiger charge is 2.33. The second kappa shape index (κ2) is 7.64. The molecular formula is C20H24ClN3O4. The first-order chi connectivity index (χ1) is 13.5. The molecular weight excluding hydrogens is 382 g/mol. The summed E-state index contributed by atoms with van der Waals surface area (Å²) in [5.74, 6) is -0.0616. The molecule has 1 aromatic heterocycles. The van der Waals surface area contributed by atoms with Crippen molar-refractivity contribution in [1.29, 1.82) is 0 Å². The Morgan fingerprint density at radius 1 is 1.25 bits per heavy atom. The Hall–Kier alpha value is -2.25. The minimum atomic E-state index is -0.184. The van der Waals surface area contributed by atoms with E-state index in [9.17, 15) is 15.0 Å². The summed E-state index contributed by atoms with van der Waals surface area (Å²) in [4.78, 5) is 14.9. The fourth-order valence-corrected chi connectivity index (χ4v) is 4.41. The van der Waals surface area contributed by atoms with Crippen LogP contribution in [0.25, 0.3) is 11.3 Å². The lowest BCUT2D eigenvalue weighted by molar-refractivity contribution is -0.138. The Kier molecular flexibility index (Phi) is 5.21. The molecule has 4 rings (SSSR count). The third kappa shape index (κ3) is 3.44. The van der Waals surface area contributed by atoms with E-state index in [1.165, 1.54) is 12.1 Å². The van der Waals surface area contributed by atoms with Crippen molar-refractivity contribution in [3.05, 3.63) is 28.4 Å². The molecule has 1 saturated carbocycles. The van der Waals surface area contributed by atoms with Gasteiger partial charge in [0.1, 0.15) is 17.2 Å². The Morgan fingerprint density at radius 2 is 2.00 bits per heavy atom. The van der Waals surface area contributed by atoms with E-state index in [2.05, 4.69) is 10.2 Å². The number of rotatable bonds is 3. The minimum Gasteiger partial charge on any atom is -0.507 e. The van der Waals surface area contributed by atoms with Crippen molar-refractivity contribution in [3.8, 4) is 22.8 Å². The van der Waals surface area contributed by atoms with E-state index in [1.54, 1.807) is 7.11 Å². The number of phenolic OH excluding ortho intramolecular Hbond substituents is 2. The van der Waals surface area contributed by atoms with Crippen LogP contribution in [-0.4, -0.2) is 51.0 Å². The van der Waals surface area contributed by atoms with Gasteiger partial charge in [-0.15, -0.1) is 0 Å². The van der Waals surface area contributed by atoms with Crippen LogP contribution in [0, 0.1) is 5.92 Å². The number of nitrogens with zero attached hydrogens (tertiary/aromatic N) is 2. The largest absolute Gasteiger partial charge is 0.507 e. The lowest BCUT2D eigenvalue weighted by Crippen LogP contribution is -2.41. The van der Waals surface area contributed by atoms with E-state index < -0.39 is 0 Å². The van der Waals surface area contributed by atoms with Crippen molar-refractivity contribution in [3.63, 3.8) is 0 Å². The highest BCUT2D eigenvalue weighted by atomic mass is 35.5. The summed E-state index contributed by atoms with van der Waals surface area (Å²) in [6.07, 6.45) is 4.50. The van der Waals surface area contributed by atoms with Gasteiger partial charge in [0.15, 0.2) is 0 Å². The summed E-state index contributed by atoms with van der Waals surface area (Å²) < 4.78 is 5.41. The first-order valence-corrected chi connectivity index (χ1v) is 9.95. The molecule has 7 nitrogen and oxygen atoms in total. The van der Waals surface area contributed by atoms with Crippen molar-refractivity contribution in [1.82, 2.24) is 15.1 Å². The molecule has 0 atom stereocenters. The molecule has 0 saturated heterocycles. The van der Waals surface area contributed by atoms with Gasteiger partial charge in [-0.25, -0.2) is 0 Å². The van der Waals surface area contributed by atoms with Crippen LogP contribution in [0.15, 0.2) is 12.1 Å². The third-order valence-electron chi connectivity index (χ3n) is 5.92. The van der Waals surface area contributed by atoms with Crippen LogP contribution in [-0.2, 0) is 22.5 Å². The number of hydrogen-bond acceptors (Lipinski definition) is 5. The average molecular weight is 406 g/mol. The van der Waals surface area contributed by atoms with Gasteiger partial charge in [0, 0.05) is 55.4 Å². The zero-order valence-electron chi connectivity index (χ0n) is 15.7. The summed E-state index contributed by atoms with van der Waals surface area (Å²) >= 11 is 6.02. The Bertz CT molecular complexity index is 890. The van der Waals surface area contributed by atoms with Crippen molar-refractivity contribution >= 4 is 17.5 Å². The molecule has 0 radical (unpaired) electrons. The molecule has 28 heavy (non-hydrogen) atoms. The van der Waals surface area contributed by atoms with Crippen LogP contribution in [0.2, 0.25) is 5.02 Å². The molecule has 1 fully saturated rings. The number of phenols is 2. The van der Waals surface area contributed by atoms with Gasteiger partial charge in [-0.3, -0.25) is 9.89 Å². The maximum Gasteiger partial charge on any atom is 0.225 e. The lowest BCUT2D eigenvalue weighted by atomic mass is 9.86. The smallest absolute Gasteiger partial charge is 0.225 e. The molecule has 1 aliphatic carbocycles. The number of aromatic amines is 1. The number of fused-ring (bicyclic) bond motifs is 1. The number of halogens is 1. The molecule has 1 aliphatic heterocycles. The second-order valence-corrected chi connectivity index (χ2v) is 7.98.